The van der Waals surface area contributed by atoms with Gasteiger partial charge in [-0.05, 0) is 49.2 Å². The van der Waals surface area contributed by atoms with Gasteiger partial charge in [0.2, 0.25) is 0 Å². The fraction of sp³-hybridized carbons (Fsp3) is 0.150. The number of amides is 1. The molecular formula is C20H15N3OS2. The molecule has 26 heavy (non-hydrogen) atoms. The molecule has 2 aromatic carbocycles. The zero-order valence-electron chi connectivity index (χ0n) is 14.3. The van der Waals surface area contributed by atoms with Gasteiger partial charge in [-0.15, -0.1) is 17.8 Å². The number of thiazole rings is 2. The summed E-state index contributed by atoms with van der Waals surface area (Å²) in [6, 6.07) is 9.68. The van der Waals surface area contributed by atoms with Gasteiger partial charge in [-0.25, -0.2) is 4.98 Å². The van der Waals surface area contributed by atoms with E-state index in [4.69, 9.17) is 6.42 Å². The minimum absolute atomic E-state index is 0.271. The van der Waals surface area contributed by atoms with Gasteiger partial charge in [0, 0.05) is 5.56 Å². The lowest BCUT2D eigenvalue weighted by Gasteiger charge is -2.04. The van der Waals surface area contributed by atoms with Gasteiger partial charge < -0.3 is 4.57 Å². The van der Waals surface area contributed by atoms with Crippen LogP contribution in [0.3, 0.4) is 0 Å². The van der Waals surface area contributed by atoms with E-state index in [1.54, 1.807) is 11.6 Å². The maximum absolute atomic E-state index is 12.7. The molecular weight excluding hydrogens is 362 g/mol. The molecule has 0 spiro atoms. The van der Waals surface area contributed by atoms with Gasteiger partial charge in [-0.3, -0.25) is 4.79 Å². The van der Waals surface area contributed by atoms with E-state index >= 15 is 0 Å². The topological polar surface area (TPSA) is 47.2 Å². The van der Waals surface area contributed by atoms with Crippen molar-refractivity contribution in [3.63, 3.8) is 0 Å². The Balaban J connectivity index is 1.89. The Morgan fingerprint density at radius 3 is 2.92 bits per heavy atom. The second-order valence-electron chi connectivity index (χ2n) is 6.06. The average Bonchev–Trinajstić information content (AvgIpc) is 3.19. The summed E-state index contributed by atoms with van der Waals surface area (Å²) in [7, 11) is 0. The molecule has 0 aliphatic heterocycles. The van der Waals surface area contributed by atoms with Crippen LogP contribution in [0, 0.1) is 26.2 Å². The molecule has 6 heteroatoms. The van der Waals surface area contributed by atoms with Crippen molar-refractivity contribution in [1.29, 1.82) is 0 Å². The molecule has 0 saturated heterocycles. The summed E-state index contributed by atoms with van der Waals surface area (Å²) in [5.74, 6) is 2.40. The summed E-state index contributed by atoms with van der Waals surface area (Å²) >= 11 is 3.00. The standard InChI is InChI=1S/C20H15N3OS2/c1-4-7-23-18-13(3)8-12(2)9-17(18)26-20(23)22-19(24)14-5-6-15-16(10-14)25-11-21-15/h1,5-6,8-11H,7H2,2-3H3. The van der Waals surface area contributed by atoms with Crippen LogP contribution < -0.4 is 4.80 Å². The average molecular weight is 377 g/mol. The number of carbonyl (C=O) groups is 1. The number of carbonyl (C=O) groups excluding carboxylic acids is 1. The molecule has 0 atom stereocenters. The Kier molecular flexibility index (Phi) is 4.19. The summed E-state index contributed by atoms with van der Waals surface area (Å²) in [5.41, 5.74) is 6.57. The van der Waals surface area contributed by atoms with Gasteiger partial charge in [0.05, 0.1) is 32.5 Å². The lowest BCUT2D eigenvalue weighted by Crippen LogP contribution is -2.16. The quantitative estimate of drug-likeness (QED) is 0.489. The van der Waals surface area contributed by atoms with Crippen molar-refractivity contribution < 1.29 is 4.79 Å². The third-order valence-corrected chi connectivity index (χ3v) is 5.95. The van der Waals surface area contributed by atoms with E-state index in [1.807, 2.05) is 16.7 Å². The maximum atomic E-state index is 12.7. The number of terminal acetylenes is 1. The predicted octanol–water partition coefficient (Wildman–Crippen LogP) is 4.30. The third kappa shape index (κ3) is 2.85. The Morgan fingerprint density at radius 2 is 2.12 bits per heavy atom. The number of hydrogen-bond acceptors (Lipinski definition) is 4. The smallest absolute Gasteiger partial charge is 0.279 e. The molecule has 4 aromatic rings. The van der Waals surface area contributed by atoms with Gasteiger partial charge in [0.15, 0.2) is 4.80 Å². The number of nitrogens with zero attached hydrogens (tertiary/aromatic N) is 3. The molecule has 2 heterocycles. The molecule has 0 N–H and O–H groups in total. The molecule has 0 unspecified atom stereocenters. The molecule has 4 nitrogen and oxygen atoms in total. The van der Waals surface area contributed by atoms with Gasteiger partial charge in [-0.2, -0.15) is 4.99 Å². The summed E-state index contributed by atoms with van der Waals surface area (Å²) < 4.78 is 4.00. The zero-order valence-corrected chi connectivity index (χ0v) is 15.9. The largest absolute Gasteiger partial charge is 0.304 e. The molecule has 0 fully saturated rings. The third-order valence-electron chi connectivity index (χ3n) is 4.14. The summed E-state index contributed by atoms with van der Waals surface area (Å²) in [6.45, 7) is 4.49. The van der Waals surface area contributed by atoms with Crippen molar-refractivity contribution in [2.24, 2.45) is 4.99 Å². The predicted molar refractivity (Wildman–Crippen MR) is 108 cm³/mol. The van der Waals surface area contributed by atoms with Crippen molar-refractivity contribution in [3.8, 4) is 12.3 Å². The Hall–Kier alpha value is -2.75. The van der Waals surface area contributed by atoms with E-state index in [0.717, 1.165) is 26.0 Å². The highest BCUT2D eigenvalue weighted by molar-refractivity contribution is 7.17. The highest BCUT2D eigenvalue weighted by Gasteiger charge is 2.12. The van der Waals surface area contributed by atoms with Gasteiger partial charge in [0.25, 0.3) is 5.91 Å². The van der Waals surface area contributed by atoms with Gasteiger partial charge >= 0.3 is 0 Å². The van der Waals surface area contributed by atoms with Crippen LogP contribution in [0.25, 0.3) is 20.4 Å². The molecule has 0 aliphatic carbocycles. The molecule has 2 aromatic heterocycles. The van der Waals surface area contributed by atoms with E-state index in [9.17, 15) is 4.79 Å². The number of hydrogen-bond donors (Lipinski definition) is 0. The highest BCUT2D eigenvalue weighted by atomic mass is 32.1. The molecule has 4 rings (SSSR count). The normalized spacial score (nSPS) is 12.0. The SMILES string of the molecule is C#CCn1c(=NC(=O)c2ccc3ncsc3c2)sc2cc(C)cc(C)c21. The van der Waals surface area contributed by atoms with Gasteiger partial charge in [0.1, 0.15) is 0 Å². The van der Waals surface area contributed by atoms with Crippen LogP contribution in [-0.2, 0) is 6.54 Å². The fourth-order valence-corrected chi connectivity index (χ4v) is 4.97. The minimum atomic E-state index is -0.271. The van der Waals surface area contributed by atoms with E-state index in [0.29, 0.717) is 16.9 Å². The van der Waals surface area contributed by atoms with Gasteiger partial charge in [-0.1, -0.05) is 23.3 Å². The van der Waals surface area contributed by atoms with Crippen LogP contribution in [0.4, 0.5) is 0 Å². The second kappa shape index (κ2) is 6.52. The zero-order chi connectivity index (χ0) is 18.3. The number of aromatic nitrogens is 2. The van der Waals surface area contributed by atoms with E-state index in [2.05, 4.69) is 41.9 Å². The molecule has 0 aliphatic rings. The molecule has 0 radical (unpaired) electrons. The fourth-order valence-electron chi connectivity index (χ4n) is 3.05. The number of aryl methyl sites for hydroxylation is 2. The van der Waals surface area contributed by atoms with Crippen LogP contribution in [0.15, 0.2) is 40.8 Å². The number of fused-ring (bicyclic) bond motifs is 2. The first-order valence-corrected chi connectivity index (χ1v) is 9.73. The maximum Gasteiger partial charge on any atom is 0.279 e. The lowest BCUT2D eigenvalue weighted by atomic mass is 10.1. The molecule has 128 valence electrons. The highest BCUT2D eigenvalue weighted by Crippen LogP contribution is 2.23. The minimum Gasteiger partial charge on any atom is -0.304 e. The van der Waals surface area contributed by atoms with E-state index in [1.165, 1.54) is 28.2 Å². The van der Waals surface area contributed by atoms with Crippen molar-refractivity contribution in [3.05, 3.63) is 57.3 Å². The summed E-state index contributed by atoms with van der Waals surface area (Å²) in [6.07, 6.45) is 5.55. The van der Waals surface area contributed by atoms with Crippen LogP contribution in [0.5, 0.6) is 0 Å². The van der Waals surface area contributed by atoms with Crippen LogP contribution >= 0.6 is 22.7 Å². The summed E-state index contributed by atoms with van der Waals surface area (Å²) in [5, 5.41) is 0. The summed E-state index contributed by atoms with van der Waals surface area (Å²) in [4.78, 5) is 22.0. The Labute approximate surface area is 158 Å². The van der Waals surface area contributed by atoms with Crippen molar-refractivity contribution >= 4 is 49.0 Å². The molecule has 0 bridgehead atoms. The number of benzene rings is 2. The first-order valence-electron chi connectivity index (χ1n) is 8.03. The van der Waals surface area contributed by atoms with Crippen LogP contribution in [0.2, 0.25) is 0 Å². The molecule has 1 amide bonds. The lowest BCUT2D eigenvalue weighted by molar-refractivity contribution is 0.0998. The van der Waals surface area contributed by atoms with Crippen LogP contribution in [0.1, 0.15) is 21.5 Å². The second-order valence-corrected chi connectivity index (χ2v) is 7.95. The first-order chi connectivity index (χ1) is 12.6. The Bertz CT molecular complexity index is 1270. The molecule has 0 saturated carbocycles. The van der Waals surface area contributed by atoms with E-state index < -0.39 is 0 Å². The van der Waals surface area contributed by atoms with E-state index in [-0.39, 0.29) is 5.91 Å². The van der Waals surface area contributed by atoms with Crippen molar-refractivity contribution in [2.75, 3.05) is 0 Å². The van der Waals surface area contributed by atoms with Crippen molar-refractivity contribution in [1.82, 2.24) is 9.55 Å². The van der Waals surface area contributed by atoms with Crippen molar-refractivity contribution in [2.45, 2.75) is 20.4 Å². The number of rotatable bonds is 2. The monoisotopic (exact) mass is 377 g/mol. The first kappa shape index (κ1) is 16.7. The van der Waals surface area contributed by atoms with Crippen LogP contribution in [-0.4, -0.2) is 15.5 Å². The Morgan fingerprint density at radius 1 is 1.27 bits per heavy atom.